The molecular weight excluding hydrogens is 310 g/mol. The molecule has 4 nitrogen and oxygen atoms in total. The summed E-state index contributed by atoms with van der Waals surface area (Å²) in [4.78, 5) is 27.1. The average Bonchev–Trinajstić information content (AvgIpc) is 3.05. The van der Waals surface area contributed by atoms with Gasteiger partial charge in [0.15, 0.2) is 0 Å². The Morgan fingerprint density at radius 1 is 1.26 bits per heavy atom. The van der Waals surface area contributed by atoms with E-state index in [1.165, 1.54) is 4.90 Å². The predicted molar refractivity (Wildman–Crippen MR) is 89.3 cm³/mol. The molecule has 1 aromatic heterocycles. The van der Waals surface area contributed by atoms with Crippen LogP contribution in [0, 0.1) is 5.92 Å². The highest BCUT2D eigenvalue weighted by atomic mass is 32.1. The summed E-state index contributed by atoms with van der Waals surface area (Å²) < 4.78 is 0. The van der Waals surface area contributed by atoms with Gasteiger partial charge in [0.25, 0.3) is 0 Å². The molecule has 1 aromatic carbocycles. The molecule has 1 N–H and O–H groups in total. The van der Waals surface area contributed by atoms with Crippen LogP contribution in [0.25, 0.3) is 0 Å². The van der Waals surface area contributed by atoms with Gasteiger partial charge < -0.3 is 10.0 Å². The SMILES string of the molecule is C[C@H](Cc1cccs1)C(=O)N1Cc2ccccc2C[C@H]1C(=O)O. The second kappa shape index (κ2) is 6.54. The Hall–Kier alpha value is -2.14. The summed E-state index contributed by atoms with van der Waals surface area (Å²) in [5.41, 5.74) is 2.07. The first kappa shape index (κ1) is 15.7. The molecule has 0 saturated heterocycles. The summed E-state index contributed by atoms with van der Waals surface area (Å²) in [7, 11) is 0. The van der Waals surface area contributed by atoms with Gasteiger partial charge in [-0.05, 0) is 29.0 Å². The Labute approximate surface area is 139 Å². The van der Waals surface area contributed by atoms with E-state index in [0.29, 0.717) is 19.4 Å². The quantitative estimate of drug-likeness (QED) is 0.938. The Morgan fingerprint density at radius 2 is 2.00 bits per heavy atom. The predicted octanol–water partition coefficient (Wildman–Crippen LogP) is 2.96. The molecule has 1 amide bonds. The standard InChI is InChI=1S/C18H19NO3S/c1-12(9-15-7-4-8-23-15)17(20)19-11-14-6-3-2-5-13(14)10-16(19)18(21)22/h2-8,12,16H,9-11H2,1H3,(H,21,22)/t12-,16+/m1/s1. The summed E-state index contributed by atoms with van der Waals surface area (Å²) in [6, 6.07) is 11.0. The highest BCUT2D eigenvalue weighted by molar-refractivity contribution is 7.09. The number of benzene rings is 1. The van der Waals surface area contributed by atoms with Gasteiger partial charge in [-0.15, -0.1) is 11.3 Å². The van der Waals surface area contributed by atoms with E-state index < -0.39 is 12.0 Å². The molecule has 120 valence electrons. The molecule has 0 aliphatic carbocycles. The molecule has 23 heavy (non-hydrogen) atoms. The van der Waals surface area contributed by atoms with Crippen molar-refractivity contribution in [3.63, 3.8) is 0 Å². The van der Waals surface area contributed by atoms with Crippen molar-refractivity contribution in [1.29, 1.82) is 0 Å². The summed E-state index contributed by atoms with van der Waals surface area (Å²) in [5, 5.41) is 11.5. The maximum Gasteiger partial charge on any atom is 0.326 e. The van der Waals surface area contributed by atoms with Crippen LogP contribution >= 0.6 is 11.3 Å². The van der Waals surface area contributed by atoms with Crippen LogP contribution < -0.4 is 0 Å². The first-order chi connectivity index (χ1) is 11.1. The highest BCUT2D eigenvalue weighted by Crippen LogP contribution is 2.26. The lowest BCUT2D eigenvalue weighted by atomic mass is 9.92. The summed E-state index contributed by atoms with van der Waals surface area (Å²) in [5.74, 6) is -1.24. The smallest absolute Gasteiger partial charge is 0.326 e. The van der Waals surface area contributed by atoms with Crippen molar-refractivity contribution >= 4 is 23.2 Å². The Balaban J connectivity index is 1.81. The van der Waals surface area contributed by atoms with Gasteiger partial charge in [0.2, 0.25) is 5.91 Å². The minimum atomic E-state index is -0.934. The molecule has 0 spiro atoms. The second-order valence-electron chi connectivity index (χ2n) is 5.98. The first-order valence-electron chi connectivity index (χ1n) is 7.68. The number of carboxylic acids is 1. The highest BCUT2D eigenvalue weighted by Gasteiger charge is 2.36. The number of thiophene rings is 1. The van der Waals surface area contributed by atoms with Crippen molar-refractivity contribution in [2.45, 2.75) is 32.4 Å². The molecule has 2 aromatic rings. The lowest BCUT2D eigenvalue weighted by Gasteiger charge is -2.36. The second-order valence-corrected chi connectivity index (χ2v) is 7.01. The molecule has 0 unspecified atom stereocenters. The van der Waals surface area contributed by atoms with Crippen LogP contribution in [0.2, 0.25) is 0 Å². The number of amides is 1. The molecule has 0 radical (unpaired) electrons. The van der Waals surface area contributed by atoms with Crippen molar-refractivity contribution < 1.29 is 14.7 Å². The molecule has 1 aliphatic rings. The summed E-state index contributed by atoms with van der Waals surface area (Å²) >= 11 is 1.62. The van der Waals surface area contributed by atoms with Crippen molar-refractivity contribution in [3.05, 3.63) is 57.8 Å². The maximum absolute atomic E-state index is 12.8. The summed E-state index contributed by atoms with van der Waals surface area (Å²) in [6.45, 7) is 2.25. The van der Waals surface area contributed by atoms with Crippen molar-refractivity contribution in [2.24, 2.45) is 5.92 Å². The number of carbonyl (C=O) groups excluding carboxylic acids is 1. The molecule has 2 atom stereocenters. The summed E-state index contributed by atoms with van der Waals surface area (Å²) in [6.07, 6.45) is 1.03. The van der Waals surface area contributed by atoms with Gasteiger partial charge in [0.05, 0.1) is 0 Å². The zero-order valence-corrected chi connectivity index (χ0v) is 13.8. The molecule has 0 bridgehead atoms. The normalized spacial score (nSPS) is 18.3. The third-order valence-electron chi connectivity index (χ3n) is 4.33. The molecular formula is C18H19NO3S. The van der Waals surface area contributed by atoms with Crippen LogP contribution in [0.15, 0.2) is 41.8 Å². The van der Waals surface area contributed by atoms with Crippen LogP contribution in [0.5, 0.6) is 0 Å². The van der Waals surface area contributed by atoms with E-state index in [0.717, 1.165) is 16.0 Å². The van der Waals surface area contributed by atoms with Crippen molar-refractivity contribution in [1.82, 2.24) is 4.90 Å². The molecule has 0 fully saturated rings. The molecule has 2 heterocycles. The number of hydrogen-bond acceptors (Lipinski definition) is 3. The Morgan fingerprint density at radius 3 is 2.65 bits per heavy atom. The zero-order valence-electron chi connectivity index (χ0n) is 12.9. The van der Waals surface area contributed by atoms with Crippen LogP contribution in [-0.4, -0.2) is 27.9 Å². The molecule has 3 rings (SSSR count). The van der Waals surface area contributed by atoms with Gasteiger partial charge in [0, 0.05) is 23.8 Å². The third-order valence-corrected chi connectivity index (χ3v) is 5.22. The van der Waals surface area contributed by atoms with Crippen LogP contribution in [0.4, 0.5) is 0 Å². The van der Waals surface area contributed by atoms with Crippen molar-refractivity contribution in [2.75, 3.05) is 0 Å². The van der Waals surface area contributed by atoms with E-state index in [1.54, 1.807) is 11.3 Å². The lowest BCUT2D eigenvalue weighted by Crippen LogP contribution is -2.50. The third kappa shape index (κ3) is 3.29. The first-order valence-corrected chi connectivity index (χ1v) is 8.56. The topological polar surface area (TPSA) is 57.6 Å². The minimum Gasteiger partial charge on any atom is -0.480 e. The van der Waals surface area contributed by atoms with Crippen LogP contribution in [-0.2, 0) is 29.0 Å². The van der Waals surface area contributed by atoms with Gasteiger partial charge in [-0.2, -0.15) is 0 Å². The van der Waals surface area contributed by atoms with Crippen LogP contribution in [0.1, 0.15) is 22.9 Å². The van der Waals surface area contributed by atoms with E-state index >= 15 is 0 Å². The number of nitrogens with zero attached hydrogens (tertiary/aromatic N) is 1. The van der Waals surface area contributed by atoms with Gasteiger partial charge in [0.1, 0.15) is 6.04 Å². The molecule has 5 heteroatoms. The lowest BCUT2D eigenvalue weighted by molar-refractivity contribution is -0.153. The molecule has 0 saturated carbocycles. The average molecular weight is 329 g/mol. The number of carbonyl (C=O) groups is 2. The number of rotatable bonds is 4. The van der Waals surface area contributed by atoms with Gasteiger partial charge >= 0.3 is 5.97 Å². The minimum absolute atomic E-state index is 0.0831. The fraction of sp³-hybridized carbons (Fsp3) is 0.333. The monoisotopic (exact) mass is 329 g/mol. The largest absolute Gasteiger partial charge is 0.480 e. The van der Waals surface area contributed by atoms with E-state index in [4.69, 9.17) is 0 Å². The number of fused-ring (bicyclic) bond motifs is 1. The van der Waals surface area contributed by atoms with E-state index in [9.17, 15) is 14.7 Å². The number of carboxylic acid groups (broad SMARTS) is 1. The van der Waals surface area contributed by atoms with Gasteiger partial charge in [-0.1, -0.05) is 37.3 Å². The molecule has 1 aliphatic heterocycles. The van der Waals surface area contributed by atoms with Crippen molar-refractivity contribution in [3.8, 4) is 0 Å². The van der Waals surface area contributed by atoms with Gasteiger partial charge in [-0.25, -0.2) is 4.79 Å². The zero-order chi connectivity index (χ0) is 16.4. The fourth-order valence-electron chi connectivity index (χ4n) is 3.08. The number of aliphatic carboxylic acids is 1. The fourth-order valence-corrected chi connectivity index (χ4v) is 3.91. The Bertz CT molecular complexity index is 711. The Kier molecular flexibility index (Phi) is 4.48. The van der Waals surface area contributed by atoms with E-state index in [2.05, 4.69) is 0 Å². The maximum atomic E-state index is 12.8. The van der Waals surface area contributed by atoms with Gasteiger partial charge in [-0.3, -0.25) is 4.79 Å². The van der Waals surface area contributed by atoms with E-state index in [-0.39, 0.29) is 11.8 Å². The van der Waals surface area contributed by atoms with E-state index in [1.807, 2.05) is 48.7 Å². The number of hydrogen-bond donors (Lipinski definition) is 1. The van der Waals surface area contributed by atoms with Crippen LogP contribution in [0.3, 0.4) is 0 Å².